The zero-order valence-corrected chi connectivity index (χ0v) is 7.50. The molecule has 1 aromatic rings. The summed E-state index contributed by atoms with van der Waals surface area (Å²) in [5, 5.41) is 9.20. The lowest BCUT2D eigenvalue weighted by Crippen LogP contribution is -2.04. The standard InChI is InChI=1S/C9H11NO3/c1-5-3-8(11)7(10)4-6(5)9(12)13-2/h3-4,11H,10H2,1-2H3. The molecule has 0 spiro atoms. The highest BCUT2D eigenvalue weighted by molar-refractivity contribution is 5.92. The average Bonchev–Trinajstić information content (AvgIpc) is 2.10. The first-order valence-corrected chi connectivity index (χ1v) is 3.73. The van der Waals surface area contributed by atoms with Crippen LogP contribution in [0.15, 0.2) is 12.1 Å². The largest absolute Gasteiger partial charge is 0.506 e. The number of benzene rings is 1. The van der Waals surface area contributed by atoms with E-state index >= 15 is 0 Å². The van der Waals surface area contributed by atoms with Gasteiger partial charge in [-0.2, -0.15) is 0 Å². The third-order valence-corrected chi connectivity index (χ3v) is 1.78. The Morgan fingerprint density at radius 2 is 2.15 bits per heavy atom. The third kappa shape index (κ3) is 1.72. The molecule has 1 rings (SSSR count). The minimum Gasteiger partial charge on any atom is -0.506 e. The number of hydrogen-bond acceptors (Lipinski definition) is 4. The maximum absolute atomic E-state index is 11.1. The van der Waals surface area contributed by atoms with Crippen molar-refractivity contribution in [3.63, 3.8) is 0 Å². The van der Waals surface area contributed by atoms with Crippen LogP contribution >= 0.6 is 0 Å². The molecule has 4 nitrogen and oxygen atoms in total. The van der Waals surface area contributed by atoms with Crippen molar-refractivity contribution in [1.82, 2.24) is 0 Å². The second-order valence-electron chi connectivity index (χ2n) is 2.72. The normalized spacial score (nSPS) is 9.69. The number of carbonyl (C=O) groups is 1. The predicted molar refractivity (Wildman–Crippen MR) is 48.6 cm³/mol. The summed E-state index contributed by atoms with van der Waals surface area (Å²) in [5.74, 6) is -0.477. The molecule has 0 bridgehead atoms. The number of methoxy groups -OCH3 is 1. The van der Waals surface area contributed by atoms with Gasteiger partial charge in [0.15, 0.2) is 0 Å². The second-order valence-corrected chi connectivity index (χ2v) is 2.72. The number of hydrogen-bond donors (Lipinski definition) is 2. The van der Waals surface area contributed by atoms with Crippen molar-refractivity contribution in [1.29, 1.82) is 0 Å². The number of esters is 1. The van der Waals surface area contributed by atoms with Gasteiger partial charge in [-0.25, -0.2) is 4.79 Å². The molecule has 0 aromatic heterocycles. The van der Waals surface area contributed by atoms with E-state index in [9.17, 15) is 9.90 Å². The number of aryl methyl sites for hydroxylation is 1. The SMILES string of the molecule is COC(=O)c1cc(N)c(O)cc1C. The van der Waals surface area contributed by atoms with Crippen LogP contribution in [0.4, 0.5) is 5.69 Å². The van der Waals surface area contributed by atoms with Crippen molar-refractivity contribution in [3.8, 4) is 5.75 Å². The molecule has 0 radical (unpaired) electrons. The van der Waals surface area contributed by atoms with Crippen LogP contribution in [0.3, 0.4) is 0 Å². The lowest BCUT2D eigenvalue weighted by atomic mass is 10.1. The molecule has 0 heterocycles. The first-order chi connectivity index (χ1) is 6.06. The fourth-order valence-corrected chi connectivity index (χ4v) is 1.04. The summed E-state index contributed by atoms with van der Waals surface area (Å²) in [4.78, 5) is 11.1. The van der Waals surface area contributed by atoms with Crippen LogP contribution < -0.4 is 5.73 Å². The number of carbonyl (C=O) groups excluding carboxylic acids is 1. The van der Waals surface area contributed by atoms with Crippen LogP contribution in [0, 0.1) is 6.92 Å². The predicted octanol–water partition coefficient (Wildman–Crippen LogP) is 1.07. The summed E-state index contributed by atoms with van der Waals surface area (Å²) < 4.78 is 4.54. The van der Waals surface area contributed by atoms with Gasteiger partial charge < -0.3 is 15.6 Å². The van der Waals surface area contributed by atoms with Gasteiger partial charge in [0.05, 0.1) is 18.4 Å². The minimum atomic E-state index is -0.454. The third-order valence-electron chi connectivity index (χ3n) is 1.78. The molecule has 0 aliphatic rings. The highest BCUT2D eigenvalue weighted by atomic mass is 16.5. The molecule has 0 unspecified atom stereocenters. The van der Waals surface area contributed by atoms with Crippen molar-refractivity contribution < 1.29 is 14.6 Å². The fourth-order valence-electron chi connectivity index (χ4n) is 1.04. The Kier molecular flexibility index (Phi) is 2.41. The molecule has 3 N–H and O–H groups in total. The van der Waals surface area contributed by atoms with Crippen LogP contribution in [-0.4, -0.2) is 18.2 Å². The number of nitrogens with two attached hydrogens (primary N) is 1. The van der Waals surface area contributed by atoms with E-state index < -0.39 is 5.97 Å². The van der Waals surface area contributed by atoms with E-state index in [0.29, 0.717) is 11.1 Å². The minimum absolute atomic E-state index is 0.0230. The molecule has 0 aliphatic carbocycles. The topological polar surface area (TPSA) is 72.5 Å². The summed E-state index contributed by atoms with van der Waals surface area (Å²) in [7, 11) is 1.30. The van der Waals surface area contributed by atoms with Crippen LogP contribution in [0.5, 0.6) is 5.75 Å². The van der Waals surface area contributed by atoms with Crippen molar-refractivity contribution in [2.24, 2.45) is 0 Å². The van der Waals surface area contributed by atoms with Crippen molar-refractivity contribution in [2.75, 3.05) is 12.8 Å². The highest BCUT2D eigenvalue weighted by Crippen LogP contribution is 2.24. The van der Waals surface area contributed by atoms with Gasteiger partial charge in [0.25, 0.3) is 0 Å². The Morgan fingerprint density at radius 1 is 1.54 bits per heavy atom. The Labute approximate surface area is 75.9 Å². The molecule has 0 amide bonds. The number of aromatic hydroxyl groups is 1. The van der Waals surface area contributed by atoms with E-state index in [-0.39, 0.29) is 11.4 Å². The van der Waals surface area contributed by atoms with Gasteiger partial charge in [0.1, 0.15) is 5.75 Å². The molecule has 1 aromatic carbocycles. The van der Waals surface area contributed by atoms with E-state index in [4.69, 9.17) is 5.73 Å². The van der Waals surface area contributed by atoms with Gasteiger partial charge in [0.2, 0.25) is 0 Å². The van der Waals surface area contributed by atoms with Crippen LogP contribution in [0.1, 0.15) is 15.9 Å². The molecule has 0 saturated carbocycles. The molecule has 0 atom stereocenters. The van der Waals surface area contributed by atoms with Crippen molar-refractivity contribution in [3.05, 3.63) is 23.3 Å². The fraction of sp³-hybridized carbons (Fsp3) is 0.222. The molecule has 70 valence electrons. The van der Waals surface area contributed by atoms with E-state index in [1.165, 1.54) is 19.2 Å². The van der Waals surface area contributed by atoms with Gasteiger partial charge in [-0.3, -0.25) is 0 Å². The monoisotopic (exact) mass is 181 g/mol. The molecule has 13 heavy (non-hydrogen) atoms. The Hall–Kier alpha value is -1.71. The Morgan fingerprint density at radius 3 is 2.69 bits per heavy atom. The zero-order chi connectivity index (χ0) is 10.0. The van der Waals surface area contributed by atoms with E-state index in [1.807, 2.05) is 0 Å². The molecular weight excluding hydrogens is 170 g/mol. The number of phenolic OH excluding ortho intramolecular Hbond substituents is 1. The first kappa shape index (κ1) is 9.38. The highest BCUT2D eigenvalue weighted by Gasteiger charge is 2.11. The Balaban J connectivity index is 3.23. The Bertz CT molecular complexity index is 347. The summed E-state index contributed by atoms with van der Waals surface area (Å²) in [6.45, 7) is 1.70. The van der Waals surface area contributed by atoms with Crippen molar-refractivity contribution >= 4 is 11.7 Å². The van der Waals surface area contributed by atoms with Crippen LogP contribution in [-0.2, 0) is 4.74 Å². The maximum Gasteiger partial charge on any atom is 0.338 e. The van der Waals surface area contributed by atoms with Gasteiger partial charge >= 0.3 is 5.97 Å². The number of nitrogen functional groups attached to an aromatic ring is 1. The summed E-state index contributed by atoms with van der Waals surface area (Å²) in [6.07, 6.45) is 0. The van der Waals surface area contributed by atoms with Crippen molar-refractivity contribution in [2.45, 2.75) is 6.92 Å². The number of anilines is 1. The first-order valence-electron chi connectivity index (χ1n) is 3.73. The second kappa shape index (κ2) is 3.35. The maximum atomic E-state index is 11.1. The lowest BCUT2D eigenvalue weighted by Gasteiger charge is -2.06. The molecule has 0 saturated heterocycles. The zero-order valence-electron chi connectivity index (χ0n) is 7.50. The van der Waals surface area contributed by atoms with Gasteiger partial charge in [-0.05, 0) is 24.6 Å². The lowest BCUT2D eigenvalue weighted by molar-refractivity contribution is 0.0600. The van der Waals surface area contributed by atoms with Gasteiger partial charge in [0, 0.05) is 0 Å². The smallest absolute Gasteiger partial charge is 0.338 e. The van der Waals surface area contributed by atoms with E-state index in [1.54, 1.807) is 6.92 Å². The average molecular weight is 181 g/mol. The summed E-state index contributed by atoms with van der Waals surface area (Å²) >= 11 is 0. The summed E-state index contributed by atoms with van der Waals surface area (Å²) in [5.41, 5.74) is 6.61. The van der Waals surface area contributed by atoms with Gasteiger partial charge in [-0.15, -0.1) is 0 Å². The van der Waals surface area contributed by atoms with E-state index in [2.05, 4.69) is 4.74 Å². The van der Waals surface area contributed by atoms with E-state index in [0.717, 1.165) is 0 Å². The van der Waals surface area contributed by atoms with Gasteiger partial charge in [-0.1, -0.05) is 0 Å². The number of rotatable bonds is 1. The van der Waals surface area contributed by atoms with Crippen LogP contribution in [0.2, 0.25) is 0 Å². The molecule has 4 heteroatoms. The number of ether oxygens (including phenoxy) is 1. The van der Waals surface area contributed by atoms with Crippen LogP contribution in [0.25, 0.3) is 0 Å². The summed E-state index contributed by atoms with van der Waals surface area (Å²) in [6, 6.07) is 2.83. The molecule has 0 fully saturated rings. The molecule has 0 aliphatic heterocycles. The number of phenols is 1. The quantitative estimate of drug-likeness (QED) is 0.386. The molecular formula is C9H11NO3.